The average Bonchev–Trinajstić information content (AvgIpc) is 2.37. The monoisotopic (exact) mass is 233 g/mol. The summed E-state index contributed by atoms with van der Waals surface area (Å²) in [6, 6.07) is 9.02. The van der Waals surface area contributed by atoms with Crippen molar-refractivity contribution in [3.63, 3.8) is 0 Å². The molecule has 1 aliphatic heterocycles. The summed E-state index contributed by atoms with van der Waals surface area (Å²) in [5.41, 5.74) is 0.947. The minimum Gasteiger partial charge on any atom is -0.460 e. The molecule has 1 aromatic carbocycles. The molecule has 4 nitrogen and oxygen atoms in total. The van der Waals surface area contributed by atoms with E-state index in [1.165, 1.54) is 0 Å². The summed E-state index contributed by atoms with van der Waals surface area (Å²) >= 11 is 0. The largest absolute Gasteiger partial charge is 0.460 e. The van der Waals surface area contributed by atoms with Gasteiger partial charge in [-0.3, -0.25) is 9.59 Å². The molecule has 1 N–H and O–H groups in total. The van der Waals surface area contributed by atoms with E-state index in [4.69, 9.17) is 4.74 Å². The molecule has 4 heteroatoms. The number of esters is 1. The van der Waals surface area contributed by atoms with E-state index < -0.39 is 6.04 Å². The zero-order chi connectivity index (χ0) is 12.1. The van der Waals surface area contributed by atoms with Crippen LogP contribution in [0.1, 0.15) is 18.4 Å². The standard InChI is InChI=1S/C13H15NO3/c15-11-6-7-14-12(8-11)13(16)17-9-10-4-2-1-3-5-10/h1-5,12,14H,6-9H2/t12-/m0/s1. The van der Waals surface area contributed by atoms with E-state index in [9.17, 15) is 9.59 Å². The Labute approximate surface area is 100.0 Å². The Hall–Kier alpha value is -1.68. The van der Waals surface area contributed by atoms with E-state index in [1.54, 1.807) is 0 Å². The van der Waals surface area contributed by atoms with Crippen LogP contribution in [0.25, 0.3) is 0 Å². The molecule has 0 bridgehead atoms. The Bertz CT molecular complexity index is 402. The molecule has 1 saturated heterocycles. The Balaban J connectivity index is 1.83. The van der Waals surface area contributed by atoms with Crippen LogP contribution >= 0.6 is 0 Å². The molecule has 1 fully saturated rings. The summed E-state index contributed by atoms with van der Waals surface area (Å²) < 4.78 is 5.16. The maximum atomic E-state index is 11.7. The van der Waals surface area contributed by atoms with Crippen LogP contribution in [0, 0.1) is 0 Å². The molecule has 0 radical (unpaired) electrons. The van der Waals surface area contributed by atoms with Gasteiger partial charge in [0.1, 0.15) is 18.4 Å². The Morgan fingerprint density at radius 1 is 1.35 bits per heavy atom. The van der Waals surface area contributed by atoms with E-state index in [0.29, 0.717) is 13.0 Å². The van der Waals surface area contributed by atoms with Crippen molar-refractivity contribution in [3.05, 3.63) is 35.9 Å². The second-order valence-electron chi connectivity index (χ2n) is 4.09. The van der Waals surface area contributed by atoms with Gasteiger partial charge in [-0.15, -0.1) is 0 Å². The first-order chi connectivity index (χ1) is 8.25. The van der Waals surface area contributed by atoms with Crippen LogP contribution in [0.5, 0.6) is 0 Å². The lowest BCUT2D eigenvalue weighted by atomic mass is 10.0. The molecule has 1 aliphatic rings. The second kappa shape index (κ2) is 5.59. The van der Waals surface area contributed by atoms with E-state index in [1.807, 2.05) is 30.3 Å². The van der Waals surface area contributed by atoms with Gasteiger partial charge < -0.3 is 10.1 Å². The number of piperidine rings is 1. The molecule has 0 aromatic heterocycles. The molecule has 90 valence electrons. The van der Waals surface area contributed by atoms with Crippen LogP contribution < -0.4 is 5.32 Å². The maximum absolute atomic E-state index is 11.7. The molecule has 0 spiro atoms. The average molecular weight is 233 g/mol. The molecular weight excluding hydrogens is 218 g/mol. The van der Waals surface area contributed by atoms with Crippen LogP contribution in [0.15, 0.2) is 30.3 Å². The minimum atomic E-state index is -0.472. The quantitative estimate of drug-likeness (QED) is 0.793. The smallest absolute Gasteiger partial charge is 0.323 e. The molecule has 0 amide bonds. The van der Waals surface area contributed by atoms with Crippen molar-refractivity contribution in [2.24, 2.45) is 0 Å². The van der Waals surface area contributed by atoms with Crippen LogP contribution in [0.3, 0.4) is 0 Å². The van der Waals surface area contributed by atoms with Gasteiger partial charge in [0.25, 0.3) is 0 Å². The van der Waals surface area contributed by atoms with Gasteiger partial charge in [0.05, 0.1) is 0 Å². The van der Waals surface area contributed by atoms with Crippen LogP contribution in [0.2, 0.25) is 0 Å². The number of benzene rings is 1. The van der Waals surface area contributed by atoms with Crippen molar-refractivity contribution < 1.29 is 14.3 Å². The predicted octanol–water partition coefficient (Wildman–Crippen LogP) is 1.05. The molecule has 17 heavy (non-hydrogen) atoms. The number of ketones is 1. The highest BCUT2D eigenvalue weighted by atomic mass is 16.5. The predicted molar refractivity (Wildman–Crippen MR) is 62.3 cm³/mol. The highest BCUT2D eigenvalue weighted by Crippen LogP contribution is 2.07. The highest BCUT2D eigenvalue weighted by Gasteiger charge is 2.26. The van der Waals surface area contributed by atoms with E-state index in [2.05, 4.69) is 5.32 Å². The lowest BCUT2D eigenvalue weighted by Crippen LogP contribution is -2.44. The SMILES string of the molecule is O=C1CCN[C@H](C(=O)OCc2ccccc2)C1. The first kappa shape index (κ1) is 11.8. The molecule has 1 heterocycles. The number of Topliss-reactive ketones (excluding diaryl/α,β-unsaturated/α-hetero) is 1. The summed E-state index contributed by atoms with van der Waals surface area (Å²) in [5.74, 6) is -0.229. The number of carbonyl (C=O) groups excluding carboxylic acids is 2. The molecule has 1 atom stereocenters. The van der Waals surface area contributed by atoms with Crippen molar-refractivity contribution in [3.8, 4) is 0 Å². The molecule has 2 rings (SSSR count). The highest BCUT2D eigenvalue weighted by molar-refractivity contribution is 5.87. The van der Waals surface area contributed by atoms with Gasteiger partial charge in [0, 0.05) is 19.4 Å². The van der Waals surface area contributed by atoms with Crippen molar-refractivity contribution in [2.75, 3.05) is 6.54 Å². The van der Waals surface area contributed by atoms with Crippen LogP contribution in [0.4, 0.5) is 0 Å². The Morgan fingerprint density at radius 2 is 2.12 bits per heavy atom. The lowest BCUT2D eigenvalue weighted by Gasteiger charge is -2.20. The minimum absolute atomic E-state index is 0.116. The number of carbonyl (C=O) groups is 2. The zero-order valence-electron chi connectivity index (χ0n) is 9.52. The first-order valence-electron chi connectivity index (χ1n) is 5.71. The number of nitrogens with one attached hydrogen (secondary N) is 1. The van der Waals surface area contributed by atoms with E-state index in [0.717, 1.165) is 5.56 Å². The molecule has 0 unspecified atom stereocenters. The first-order valence-corrected chi connectivity index (χ1v) is 5.71. The molecule has 0 aliphatic carbocycles. The van der Waals surface area contributed by atoms with Gasteiger partial charge in [-0.05, 0) is 5.56 Å². The summed E-state index contributed by atoms with van der Waals surface area (Å²) in [6.45, 7) is 0.815. The fourth-order valence-electron chi connectivity index (χ4n) is 1.78. The molecule has 1 aromatic rings. The third-order valence-corrected chi connectivity index (χ3v) is 2.73. The third-order valence-electron chi connectivity index (χ3n) is 2.73. The van der Waals surface area contributed by atoms with Gasteiger partial charge in [-0.2, -0.15) is 0 Å². The Morgan fingerprint density at radius 3 is 2.82 bits per heavy atom. The van der Waals surface area contributed by atoms with Gasteiger partial charge in [-0.1, -0.05) is 30.3 Å². The van der Waals surface area contributed by atoms with E-state index in [-0.39, 0.29) is 24.8 Å². The summed E-state index contributed by atoms with van der Waals surface area (Å²) in [7, 11) is 0. The van der Waals surface area contributed by atoms with Gasteiger partial charge in [0.15, 0.2) is 0 Å². The second-order valence-corrected chi connectivity index (χ2v) is 4.09. The third kappa shape index (κ3) is 3.39. The van der Waals surface area contributed by atoms with Crippen molar-refractivity contribution in [1.29, 1.82) is 0 Å². The topological polar surface area (TPSA) is 55.4 Å². The fourth-order valence-corrected chi connectivity index (χ4v) is 1.78. The summed E-state index contributed by atoms with van der Waals surface area (Å²) in [6.07, 6.45) is 0.746. The van der Waals surface area contributed by atoms with Crippen LogP contribution in [-0.2, 0) is 20.9 Å². The zero-order valence-corrected chi connectivity index (χ0v) is 9.52. The number of hydrogen-bond donors (Lipinski definition) is 1. The molecule has 0 saturated carbocycles. The normalized spacial score (nSPS) is 20.0. The van der Waals surface area contributed by atoms with Gasteiger partial charge in [-0.25, -0.2) is 0 Å². The summed E-state index contributed by atoms with van der Waals surface area (Å²) in [4.78, 5) is 22.9. The van der Waals surface area contributed by atoms with Crippen LogP contribution in [-0.4, -0.2) is 24.3 Å². The summed E-state index contributed by atoms with van der Waals surface area (Å²) in [5, 5.41) is 2.99. The number of hydrogen-bond acceptors (Lipinski definition) is 4. The molecular formula is C13H15NO3. The van der Waals surface area contributed by atoms with Crippen molar-refractivity contribution >= 4 is 11.8 Å². The fraction of sp³-hybridized carbons (Fsp3) is 0.385. The van der Waals surface area contributed by atoms with Gasteiger partial charge >= 0.3 is 5.97 Å². The lowest BCUT2D eigenvalue weighted by molar-refractivity contribution is -0.149. The maximum Gasteiger partial charge on any atom is 0.323 e. The Kier molecular flexibility index (Phi) is 3.88. The number of rotatable bonds is 3. The van der Waals surface area contributed by atoms with Crippen molar-refractivity contribution in [1.82, 2.24) is 5.32 Å². The van der Waals surface area contributed by atoms with Gasteiger partial charge in [0.2, 0.25) is 0 Å². The number of ether oxygens (including phenoxy) is 1. The van der Waals surface area contributed by atoms with E-state index >= 15 is 0 Å². The van der Waals surface area contributed by atoms with Crippen molar-refractivity contribution in [2.45, 2.75) is 25.5 Å².